The van der Waals surface area contributed by atoms with Gasteiger partial charge in [0, 0.05) is 24.4 Å². The Bertz CT molecular complexity index is 903. The van der Waals surface area contributed by atoms with Gasteiger partial charge >= 0.3 is 0 Å². The van der Waals surface area contributed by atoms with Crippen molar-refractivity contribution in [1.82, 2.24) is 0 Å². The molecule has 6 aliphatic rings. The van der Waals surface area contributed by atoms with Gasteiger partial charge in [-0.2, -0.15) is 0 Å². The molecular weight excluding hydrogens is 455 g/mol. The highest BCUT2D eigenvalue weighted by Gasteiger charge is 2.74. The lowest BCUT2D eigenvalue weighted by molar-refractivity contribution is -0.896. The van der Waals surface area contributed by atoms with Crippen LogP contribution < -0.4 is 4.90 Å². The molecule has 7 rings (SSSR count). The lowest BCUT2D eigenvalue weighted by atomic mass is 9.53. The SMILES string of the molecule is I.O=C1C[C@@H]2OCC=C3C[N+]4([O-])CC[C@]56c7ccccc7N1[C@H]5[C@H]2[C@H]3C[C@@H]64. The maximum absolute atomic E-state index is 13.9. The monoisotopic (exact) mass is 478 g/mol. The second-order valence-electron chi connectivity index (χ2n) is 9.14. The van der Waals surface area contributed by atoms with E-state index < -0.39 is 0 Å². The zero-order chi connectivity index (χ0) is 17.3. The third kappa shape index (κ3) is 1.71. The summed E-state index contributed by atoms with van der Waals surface area (Å²) >= 11 is 0. The van der Waals surface area contributed by atoms with E-state index in [9.17, 15) is 10.0 Å². The first-order valence-electron chi connectivity index (χ1n) is 9.93. The van der Waals surface area contributed by atoms with Crippen LogP contribution in [0.2, 0.25) is 0 Å². The smallest absolute Gasteiger partial charge is 0.229 e. The molecule has 4 fully saturated rings. The molecule has 2 bridgehead atoms. The third-order valence-electron chi connectivity index (χ3n) is 8.50. The van der Waals surface area contributed by atoms with Gasteiger partial charge in [-0.25, -0.2) is 0 Å². The van der Waals surface area contributed by atoms with Gasteiger partial charge in [0.25, 0.3) is 0 Å². The molecule has 1 aliphatic carbocycles. The van der Waals surface area contributed by atoms with Crippen molar-refractivity contribution < 1.29 is 14.2 Å². The summed E-state index contributed by atoms with van der Waals surface area (Å²) in [7, 11) is 0. The second-order valence-corrected chi connectivity index (χ2v) is 9.14. The molecule has 142 valence electrons. The number of halogens is 1. The van der Waals surface area contributed by atoms with Crippen LogP contribution in [-0.2, 0) is 14.9 Å². The summed E-state index contributed by atoms with van der Waals surface area (Å²) in [5, 5.41) is 13.9. The highest BCUT2D eigenvalue weighted by molar-refractivity contribution is 14.0. The molecule has 1 spiro atoms. The Labute approximate surface area is 175 Å². The number of hydroxylamine groups is 3. The van der Waals surface area contributed by atoms with Gasteiger partial charge in [-0.05, 0) is 23.1 Å². The van der Waals surface area contributed by atoms with E-state index in [1.54, 1.807) is 0 Å². The van der Waals surface area contributed by atoms with Crippen LogP contribution in [0.25, 0.3) is 0 Å². The van der Waals surface area contributed by atoms with E-state index in [1.165, 1.54) is 11.1 Å². The van der Waals surface area contributed by atoms with Gasteiger partial charge in [-0.1, -0.05) is 24.3 Å². The average Bonchev–Trinajstić information content (AvgIpc) is 3.05. The van der Waals surface area contributed by atoms with Gasteiger partial charge in [0.05, 0.1) is 37.1 Å². The van der Waals surface area contributed by atoms with Crippen LogP contribution >= 0.6 is 24.0 Å². The number of fused-ring (bicyclic) bond motifs is 2. The van der Waals surface area contributed by atoms with E-state index >= 15 is 0 Å². The van der Waals surface area contributed by atoms with Crippen molar-refractivity contribution in [3.63, 3.8) is 0 Å². The summed E-state index contributed by atoms with van der Waals surface area (Å²) in [6.45, 7) is 1.87. The molecule has 5 heterocycles. The number of piperidine rings is 2. The Morgan fingerprint density at radius 1 is 1.30 bits per heavy atom. The zero-order valence-corrected chi connectivity index (χ0v) is 17.4. The summed E-state index contributed by atoms with van der Waals surface area (Å²) in [6.07, 6.45) is 4.51. The average molecular weight is 478 g/mol. The summed E-state index contributed by atoms with van der Waals surface area (Å²) < 4.78 is 6.10. The molecule has 1 unspecified atom stereocenters. The first-order chi connectivity index (χ1) is 12.6. The molecule has 0 aromatic heterocycles. The first-order valence-corrected chi connectivity index (χ1v) is 9.93. The van der Waals surface area contributed by atoms with Crippen LogP contribution in [0.4, 0.5) is 5.69 Å². The number of amides is 1. The molecule has 0 N–H and O–H groups in total. The molecule has 7 atom stereocenters. The fraction of sp³-hybridized carbons (Fsp3) is 0.571. The summed E-state index contributed by atoms with van der Waals surface area (Å²) in [6, 6.07) is 8.58. The Balaban J connectivity index is 0.00000146. The molecule has 5 nitrogen and oxygen atoms in total. The molecule has 6 heteroatoms. The Morgan fingerprint density at radius 3 is 3.04 bits per heavy atom. The fourth-order valence-corrected chi connectivity index (χ4v) is 7.77. The van der Waals surface area contributed by atoms with Crippen molar-refractivity contribution in [2.45, 2.75) is 42.9 Å². The Morgan fingerprint density at radius 2 is 2.15 bits per heavy atom. The number of hydrogen-bond acceptors (Lipinski definition) is 3. The van der Waals surface area contributed by atoms with E-state index in [0.29, 0.717) is 38.0 Å². The van der Waals surface area contributed by atoms with Crippen LogP contribution in [0.3, 0.4) is 0 Å². The Hall–Kier alpha value is -0.960. The predicted octanol–water partition coefficient (Wildman–Crippen LogP) is 2.72. The topological polar surface area (TPSA) is 52.6 Å². The summed E-state index contributed by atoms with van der Waals surface area (Å²) in [5.74, 6) is 0.922. The lowest BCUT2D eigenvalue weighted by Crippen LogP contribution is -2.71. The maximum Gasteiger partial charge on any atom is 0.229 e. The molecule has 1 aromatic rings. The largest absolute Gasteiger partial charge is 0.632 e. The number of para-hydroxylation sites is 1. The van der Waals surface area contributed by atoms with Gasteiger partial charge < -0.3 is 19.5 Å². The van der Waals surface area contributed by atoms with Gasteiger partial charge in [0.1, 0.15) is 12.6 Å². The minimum atomic E-state index is -0.174. The first kappa shape index (κ1) is 16.9. The minimum absolute atomic E-state index is 0. The van der Waals surface area contributed by atoms with E-state index in [1.807, 2.05) is 6.07 Å². The van der Waals surface area contributed by atoms with E-state index in [0.717, 1.165) is 18.5 Å². The second kappa shape index (κ2) is 5.14. The molecule has 0 radical (unpaired) electrons. The number of rotatable bonds is 0. The van der Waals surface area contributed by atoms with Gasteiger partial charge in [-0.15, -0.1) is 24.0 Å². The highest BCUT2D eigenvalue weighted by Crippen LogP contribution is 2.67. The maximum atomic E-state index is 13.9. The number of ether oxygens (including phenoxy) is 1. The molecule has 1 saturated carbocycles. The van der Waals surface area contributed by atoms with Crippen LogP contribution in [0.5, 0.6) is 0 Å². The fourth-order valence-electron chi connectivity index (χ4n) is 7.77. The summed E-state index contributed by atoms with van der Waals surface area (Å²) in [4.78, 5) is 15.3. The standard InChI is InChI=1S/C21H22N2O3.HI/c24-18-10-16-19-13-9-17-21(6-7-23(17,25)11-12(13)5-8-26-16)14-3-1-2-4-15(14)22(18)20(19)21;/h1-5,13,16-17,19-20H,6-11H2;1H/t13-,16-,17-,19-,20-,21+,23?;/m0./s1. The van der Waals surface area contributed by atoms with Crippen molar-refractivity contribution >= 4 is 35.6 Å². The normalized spacial score (nSPS) is 47.7. The van der Waals surface area contributed by atoms with Gasteiger partial charge in [-0.3, -0.25) is 4.79 Å². The van der Waals surface area contributed by atoms with Crippen LogP contribution in [0, 0.1) is 17.0 Å². The molecule has 1 amide bonds. The number of hydrogen-bond donors (Lipinski definition) is 0. The number of quaternary nitrogens is 1. The summed E-state index contributed by atoms with van der Waals surface area (Å²) in [5.41, 5.74) is 3.46. The minimum Gasteiger partial charge on any atom is -0.632 e. The van der Waals surface area contributed by atoms with Crippen molar-refractivity contribution in [3.05, 3.63) is 46.7 Å². The molecular formula is C21H23IN2O3. The van der Waals surface area contributed by atoms with Crippen molar-refractivity contribution in [3.8, 4) is 0 Å². The molecule has 1 aromatic carbocycles. The third-order valence-corrected chi connectivity index (χ3v) is 8.50. The van der Waals surface area contributed by atoms with E-state index in [-0.39, 0.29) is 58.1 Å². The van der Waals surface area contributed by atoms with Crippen molar-refractivity contribution in [2.24, 2.45) is 11.8 Å². The van der Waals surface area contributed by atoms with Gasteiger partial charge in [0.2, 0.25) is 5.91 Å². The van der Waals surface area contributed by atoms with Crippen molar-refractivity contribution in [1.29, 1.82) is 0 Å². The molecule has 3 saturated heterocycles. The van der Waals surface area contributed by atoms with Crippen LogP contribution in [-0.4, -0.2) is 48.4 Å². The highest BCUT2D eigenvalue weighted by atomic mass is 127. The van der Waals surface area contributed by atoms with Crippen LogP contribution in [0.1, 0.15) is 24.8 Å². The van der Waals surface area contributed by atoms with Gasteiger partial charge in [0.15, 0.2) is 0 Å². The van der Waals surface area contributed by atoms with E-state index in [4.69, 9.17) is 4.74 Å². The zero-order valence-electron chi connectivity index (χ0n) is 15.0. The van der Waals surface area contributed by atoms with Crippen LogP contribution in [0.15, 0.2) is 35.9 Å². The van der Waals surface area contributed by atoms with Crippen molar-refractivity contribution in [2.75, 3.05) is 24.6 Å². The number of carbonyl (C=O) groups is 1. The molecule has 27 heavy (non-hydrogen) atoms. The number of nitrogens with zero attached hydrogens (tertiary/aromatic N) is 2. The molecule has 5 aliphatic heterocycles. The number of anilines is 1. The number of benzene rings is 1. The number of carbonyl (C=O) groups excluding carboxylic acids is 1. The predicted molar refractivity (Wildman–Crippen MR) is 111 cm³/mol. The lowest BCUT2D eigenvalue weighted by Gasteiger charge is -2.61. The quantitative estimate of drug-likeness (QED) is 0.250. The van der Waals surface area contributed by atoms with E-state index in [2.05, 4.69) is 29.2 Å². The Kier molecular flexibility index (Phi) is 3.23.